The first-order valence-corrected chi connectivity index (χ1v) is 10.8. The van der Waals surface area contributed by atoms with Crippen LogP contribution in [0.25, 0.3) is 22.2 Å². The average molecular weight is 453 g/mol. The molecule has 1 saturated heterocycles. The van der Waals surface area contributed by atoms with Gasteiger partial charge in [-0.2, -0.15) is 5.10 Å². The van der Waals surface area contributed by atoms with Gasteiger partial charge in [0.25, 0.3) is 5.56 Å². The number of rotatable bonds is 3. The van der Waals surface area contributed by atoms with Crippen LogP contribution in [0.15, 0.2) is 41.5 Å². The molecule has 7 nitrogen and oxygen atoms in total. The van der Waals surface area contributed by atoms with Crippen molar-refractivity contribution < 1.29 is 4.39 Å². The van der Waals surface area contributed by atoms with Crippen LogP contribution in [0.5, 0.6) is 0 Å². The Labute approximate surface area is 189 Å². The Morgan fingerprint density at radius 3 is 2.72 bits per heavy atom. The summed E-state index contributed by atoms with van der Waals surface area (Å²) >= 11 is 5.96. The maximum absolute atomic E-state index is 14.9. The van der Waals surface area contributed by atoms with E-state index in [-0.39, 0.29) is 27.9 Å². The van der Waals surface area contributed by atoms with Crippen LogP contribution in [0.4, 0.5) is 10.2 Å². The highest BCUT2D eigenvalue weighted by Crippen LogP contribution is 2.33. The van der Waals surface area contributed by atoms with E-state index in [1.807, 2.05) is 30.1 Å². The topological polar surface area (TPSA) is 68.8 Å². The lowest BCUT2D eigenvalue weighted by Crippen LogP contribution is -2.25. The highest BCUT2D eigenvalue weighted by molar-refractivity contribution is 6.30. The number of aromatic nitrogens is 5. The summed E-state index contributed by atoms with van der Waals surface area (Å²) in [5, 5.41) is 5.02. The summed E-state index contributed by atoms with van der Waals surface area (Å²) in [5.74, 6) is 0.708. The van der Waals surface area contributed by atoms with Crippen LogP contribution in [-0.4, -0.2) is 37.4 Å². The lowest BCUT2D eigenvalue weighted by Gasteiger charge is -2.20. The highest BCUT2D eigenvalue weighted by atomic mass is 35.5. The van der Waals surface area contributed by atoms with Gasteiger partial charge in [-0.1, -0.05) is 11.6 Å². The standard InChI is InChI=1S/C23H22ClFN6O/c1-13-10-26-31(11-13)16-6-7-30(12-16)20-9-19-21(23(32)29(3)14(2)27-19)22(28-20)17-5-4-15(24)8-18(17)25/h4-5,8-11,16H,6-7,12H2,1-3H3/t16-/m1/s1. The van der Waals surface area contributed by atoms with E-state index in [9.17, 15) is 9.18 Å². The van der Waals surface area contributed by atoms with Crippen LogP contribution < -0.4 is 10.5 Å². The van der Waals surface area contributed by atoms with Crippen molar-refractivity contribution in [3.05, 3.63) is 69.2 Å². The molecule has 0 amide bonds. The second-order valence-electron chi connectivity index (χ2n) is 8.26. The number of nitrogens with zero attached hydrogens (tertiary/aromatic N) is 6. The number of benzene rings is 1. The van der Waals surface area contributed by atoms with Crippen LogP contribution in [-0.2, 0) is 7.05 Å². The molecule has 5 rings (SSSR count). The number of hydrogen-bond acceptors (Lipinski definition) is 5. The largest absolute Gasteiger partial charge is 0.354 e. The van der Waals surface area contributed by atoms with E-state index in [0.29, 0.717) is 29.1 Å². The van der Waals surface area contributed by atoms with Gasteiger partial charge in [0.1, 0.15) is 17.5 Å². The Morgan fingerprint density at radius 1 is 1.19 bits per heavy atom. The molecule has 4 heterocycles. The molecule has 0 bridgehead atoms. The van der Waals surface area contributed by atoms with Crippen LogP contribution in [0.1, 0.15) is 23.9 Å². The number of hydrogen-bond donors (Lipinski definition) is 0. The number of pyridine rings is 1. The number of aryl methyl sites for hydroxylation is 2. The summed E-state index contributed by atoms with van der Waals surface area (Å²) < 4.78 is 18.3. The lowest BCUT2D eigenvalue weighted by molar-refractivity contribution is 0.494. The predicted octanol–water partition coefficient (Wildman–Crippen LogP) is 4.05. The second-order valence-corrected chi connectivity index (χ2v) is 8.69. The minimum absolute atomic E-state index is 0.218. The Morgan fingerprint density at radius 2 is 2.00 bits per heavy atom. The number of anilines is 1. The first kappa shape index (κ1) is 20.6. The molecule has 0 N–H and O–H groups in total. The molecule has 1 fully saturated rings. The van der Waals surface area contributed by atoms with Crippen molar-refractivity contribution >= 4 is 28.3 Å². The molecular weight excluding hydrogens is 431 g/mol. The summed E-state index contributed by atoms with van der Waals surface area (Å²) in [6.07, 6.45) is 4.79. The zero-order valence-electron chi connectivity index (χ0n) is 18.0. The maximum atomic E-state index is 14.9. The van der Waals surface area contributed by atoms with Crippen LogP contribution >= 0.6 is 11.6 Å². The van der Waals surface area contributed by atoms with E-state index in [1.165, 1.54) is 10.6 Å². The minimum Gasteiger partial charge on any atom is -0.354 e. The Kier molecular flexibility index (Phi) is 4.97. The molecule has 1 atom stereocenters. The van der Waals surface area contributed by atoms with Gasteiger partial charge in [-0.25, -0.2) is 14.4 Å². The minimum atomic E-state index is -0.530. The van der Waals surface area contributed by atoms with E-state index < -0.39 is 5.82 Å². The Hall–Kier alpha value is -3.26. The third kappa shape index (κ3) is 3.44. The smallest absolute Gasteiger partial charge is 0.263 e. The normalized spacial score (nSPS) is 16.3. The molecule has 4 aromatic rings. The molecule has 1 aliphatic heterocycles. The van der Waals surface area contributed by atoms with Crippen molar-refractivity contribution in [2.45, 2.75) is 26.3 Å². The summed E-state index contributed by atoms with van der Waals surface area (Å²) in [6, 6.07) is 6.42. The van der Waals surface area contributed by atoms with Crippen LogP contribution in [0, 0.1) is 19.7 Å². The van der Waals surface area contributed by atoms with E-state index in [0.717, 1.165) is 18.5 Å². The Balaban J connectivity index is 1.66. The first-order valence-electron chi connectivity index (χ1n) is 10.4. The fourth-order valence-electron chi connectivity index (χ4n) is 4.22. The van der Waals surface area contributed by atoms with Gasteiger partial charge in [0.05, 0.1) is 28.8 Å². The average Bonchev–Trinajstić information content (AvgIpc) is 3.40. The molecular formula is C23H22ClFN6O. The van der Waals surface area contributed by atoms with Crippen molar-refractivity contribution in [3.8, 4) is 11.3 Å². The second kappa shape index (κ2) is 7.70. The van der Waals surface area contributed by atoms with Gasteiger partial charge in [-0.3, -0.25) is 14.0 Å². The first-order chi connectivity index (χ1) is 15.3. The third-order valence-electron chi connectivity index (χ3n) is 6.05. The number of halogens is 2. The van der Waals surface area contributed by atoms with Crippen molar-refractivity contribution in [2.24, 2.45) is 7.05 Å². The van der Waals surface area contributed by atoms with Gasteiger partial charge >= 0.3 is 0 Å². The molecule has 0 radical (unpaired) electrons. The molecule has 32 heavy (non-hydrogen) atoms. The zero-order valence-corrected chi connectivity index (χ0v) is 18.8. The molecule has 3 aromatic heterocycles. The van der Waals surface area contributed by atoms with Crippen molar-refractivity contribution in [1.29, 1.82) is 0 Å². The lowest BCUT2D eigenvalue weighted by atomic mass is 10.1. The van der Waals surface area contributed by atoms with E-state index in [1.54, 1.807) is 26.1 Å². The van der Waals surface area contributed by atoms with Gasteiger partial charge in [0, 0.05) is 43.0 Å². The molecule has 0 saturated carbocycles. The molecule has 1 aliphatic rings. The van der Waals surface area contributed by atoms with E-state index in [2.05, 4.69) is 15.0 Å². The van der Waals surface area contributed by atoms with E-state index in [4.69, 9.17) is 16.6 Å². The van der Waals surface area contributed by atoms with Crippen molar-refractivity contribution in [2.75, 3.05) is 18.0 Å². The third-order valence-corrected chi connectivity index (χ3v) is 6.28. The van der Waals surface area contributed by atoms with Gasteiger partial charge in [-0.15, -0.1) is 0 Å². The molecule has 9 heteroatoms. The van der Waals surface area contributed by atoms with Gasteiger partial charge in [-0.05, 0) is 44.0 Å². The van der Waals surface area contributed by atoms with Gasteiger partial charge in [0.15, 0.2) is 0 Å². The SMILES string of the molecule is Cc1cnn([C@@H]2CCN(c3cc4nc(C)n(C)c(=O)c4c(-c4ccc(Cl)cc4F)n3)C2)c1. The molecule has 1 aromatic carbocycles. The fourth-order valence-corrected chi connectivity index (χ4v) is 4.38. The maximum Gasteiger partial charge on any atom is 0.263 e. The zero-order chi connectivity index (χ0) is 22.6. The summed E-state index contributed by atoms with van der Waals surface area (Å²) in [7, 11) is 1.65. The van der Waals surface area contributed by atoms with Crippen LogP contribution in [0.2, 0.25) is 5.02 Å². The molecule has 164 valence electrons. The quantitative estimate of drug-likeness (QED) is 0.469. The monoisotopic (exact) mass is 452 g/mol. The summed E-state index contributed by atoms with van der Waals surface area (Å²) in [4.78, 5) is 24.6. The molecule has 0 aliphatic carbocycles. The number of fused-ring (bicyclic) bond motifs is 1. The highest BCUT2D eigenvalue weighted by Gasteiger charge is 2.27. The predicted molar refractivity (Wildman–Crippen MR) is 123 cm³/mol. The molecule has 0 spiro atoms. The Bertz CT molecular complexity index is 1410. The fraction of sp³-hybridized carbons (Fsp3) is 0.304. The summed E-state index contributed by atoms with van der Waals surface area (Å²) in [6.45, 7) is 5.28. The van der Waals surface area contributed by atoms with Crippen LogP contribution in [0.3, 0.4) is 0 Å². The molecule has 0 unspecified atom stereocenters. The van der Waals surface area contributed by atoms with Crippen molar-refractivity contribution in [3.63, 3.8) is 0 Å². The summed E-state index contributed by atoms with van der Waals surface area (Å²) in [5.41, 5.74) is 1.85. The van der Waals surface area contributed by atoms with Gasteiger partial charge in [0.2, 0.25) is 0 Å². The van der Waals surface area contributed by atoms with Gasteiger partial charge < -0.3 is 4.90 Å². The van der Waals surface area contributed by atoms with Crippen molar-refractivity contribution in [1.82, 2.24) is 24.3 Å². The van der Waals surface area contributed by atoms with E-state index >= 15 is 0 Å².